The standard InChI is InChI=1S/C14H23ClN2S/c1-11(2)5-3-7-13(17-16)10-18-14-8-4-6-12(15)9-14/h4,6,8-9,11,13,17H,3,5,7,10,16H2,1-2H3. The van der Waals surface area contributed by atoms with Crippen LogP contribution in [0.1, 0.15) is 33.1 Å². The fraction of sp³-hybridized carbons (Fsp3) is 0.571. The molecule has 0 aromatic heterocycles. The molecule has 1 aromatic rings. The first-order valence-corrected chi connectivity index (χ1v) is 7.82. The van der Waals surface area contributed by atoms with Crippen molar-refractivity contribution in [3.05, 3.63) is 29.3 Å². The summed E-state index contributed by atoms with van der Waals surface area (Å²) in [6.07, 6.45) is 3.62. The van der Waals surface area contributed by atoms with Crippen LogP contribution in [0.2, 0.25) is 5.02 Å². The quantitative estimate of drug-likeness (QED) is 0.429. The first kappa shape index (κ1) is 15.8. The minimum absolute atomic E-state index is 0.368. The summed E-state index contributed by atoms with van der Waals surface area (Å²) in [7, 11) is 0. The molecule has 0 fully saturated rings. The molecule has 0 aliphatic heterocycles. The van der Waals surface area contributed by atoms with Gasteiger partial charge in [0.25, 0.3) is 0 Å². The molecule has 1 rings (SSSR count). The van der Waals surface area contributed by atoms with Crippen LogP contribution >= 0.6 is 23.4 Å². The number of nitrogens with one attached hydrogen (secondary N) is 1. The number of benzene rings is 1. The summed E-state index contributed by atoms with van der Waals surface area (Å²) >= 11 is 7.76. The fourth-order valence-electron chi connectivity index (χ4n) is 1.74. The van der Waals surface area contributed by atoms with Crippen molar-refractivity contribution < 1.29 is 0 Å². The van der Waals surface area contributed by atoms with Crippen LogP contribution in [-0.2, 0) is 0 Å². The average Bonchev–Trinajstić information content (AvgIpc) is 2.33. The van der Waals surface area contributed by atoms with Crippen molar-refractivity contribution in [2.24, 2.45) is 11.8 Å². The highest BCUT2D eigenvalue weighted by atomic mass is 35.5. The summed E-state index contributed by atoms with van der Waals surface area (Å²) in [6, 6.07) is 8.32. The van der Waals surface area contributed by atoms with Crippen LogP contribution in [0.4, 0.5) is 0 Å². The van der Waals surface area contributed by atoms with Gasteiger partial charge in [0.1, 0.15) is 0 Å². The molecule has 2 nitrogen and oxygen atoms in total. The van der Waals surface area contributed by atoms with E-state index in [0.29, 0.717) is 6.04 Å². The predicted octanol–water partition coefficient (Wildman–Crippen LogP) is 4.09. The molecule has 0 heterocycles. The molecule has 0 saturated carbocycles. The molecule has 0 aliphatic carbocycles. The van der Waals surface area contributed by atoms with Crippen molar-refractivity contribution in [1.82, 2.24) is 5.43 Å². The monoisotopic (exact) mass is 286 g/mol. The Morgan fingerprint density at radius 2 is 2.11 bits per heavy atom. The van der Waals surface area contributed by atoms with E-state index in [0.717, 1.165) is 23.1 Å². The molecule has 1 atom stereocenters. The lowest BCUT2D eigenvalue weighted by Gasteiger charge is -2.16. The van der Waals surface area contributed by atoms with E-state index >= 15 is 0 Å². The van der Waals surface area contributed by atoms with E-state index in [-0.39, 0.29) is 0 Å². The van der Waals surface area contributed by atoms with Crippen molar-refractivity contribution >= 4 is 23.4 Å². The van der Waals surface area contributed by atoms with Gasteiger partial charge in [-0.25, -0.2) is 0 Å². The second-order valence-electron chi connectivity index (χ2n) is 4.96. The fourth-order valence-corrected chi connectivity index (χ4v) is 3.04. The Bertz CT molecular complexity index is 344. The number of nitrogens with two attached hydrogens (primary N) is 1. The van der Waals surface area contributed by atoms with E-state index in [2.05, 4.69) is 25.3 Å². The number of hydrazine groups is 1. The lowest BCUT2D eigenvalue weighted by Crippen LogP contribution is -2.36. The Kier molecular flexibility index (Phi) is 7.75. The van der Waals surface area contributed by atoms with E-state index in [4.69, 9.17) is 17.4 Å². The Labute approximate surface area is 120 Å². The molecule has 4 heteroatoms. The van der Waals surface area contributed by atoms with Crippen LogP contribution in [-0.4, -0.2) is 11.8 Å². The van der Waals surface area contributed by atoms with Crippen LogP contribution in [0.15, 0.2) is 29.2 Å². The average molecular weight is 287 g/mol. The van der Waals surface area contributed by atoms with E-state index in [9.17, 15) is 0 Å². The zero-order valence-corrected chi connectivity index (χ0v) is 12.7. The van der Waals surface area contributed by atoms with Gasteiger partial charge in [-0.3, -0.25) is 11.3 Å². The lowest BCUT2D eigenvalue weighted by atomic mass is 10.0. The van der Waals surface area contributed by atoms with E-state index in [1.807, 2.05) is 18.2 Å². The minimum Gasteiger partial charge on any atom is -0.271 e. The van der Waals surface area contributed by atoms with Gasteiger partial charge in [0, 0.05) is 21.7 Å². The van der Waals surface area contributed by atoms with Gasteiger partial charge in [-0.2, -0.15) is 0 Å². The number of halogens is 1. The van der Waals surface area contributed by atoms with E-state index in [1.165, 1.54) is 17.7 Å². The molecule has 102 valence electrons. The maximum Gasteiger partial charge on any atom is 0.0417 e. The maximum atomic E-state index is 5.96. The molecule has 0 radical (unpaired) electrons. The van der Waals surface area contributed by atoms with Crippen LogP contribution < -0.4 is 11.3 Å². The molecule has 18 heavy (non-hydrogen) atoms. The summed E-state index contributed by atoms with van der Waals surface area (Å²) in [5.74, 6) is 7.34. The molecule has 1 aromatic carbocycles. The summed E-state index contributed by atoms with van der Waals surface area (Å²) in [6.45, 7) is 4.51. The van der Waals surface area contributed by atoms with Gasteiger partial charge in [-0.1, -0.05) is 44.4 Å². The first-order chi connectivity index (χ1) is 8.61. The zero-order chi connectivity index (χ0) is 13.4. The van der Waals surface area contributed by atoms with Crippen LogP contribution in [0.5, 0.6) is 0 Å². The second-order valence-corrected chi connectivity index (χ2v) is 6.49. The Morgan fingerprint density at radius 1 is 1.33 bits per heavy atom. The third-order valence-electron chi connectivity index (χ3n) is 2.82. The van der Waals surface area contributed by atoms with Crippen LogP contribution in [0.25, 0.3) is 0 Å². The van der Waals surface area contributed by atoms with Crippen LogP contribution in [0, 0.1) is 5.92 Å². The Balaban J connectivity index is 2.30. The molecular weight excluding hydrogens is 264 g/mol. The summed E-state index contributed by atoms with van der Waals surface area (Å²) < 4.78 is 0. The zero-order valence-electron chi connectivity index (χ0n) is 11.2. The highest BCUT2D eigenvalue weighted by Crippen LogP contribution is 2.23. The summed E-state index contributed by atoms with van der Waals surface area (Å²) in [5, 5.41) is 0.789. The van der Waals surface area contributed by atoms with Crippen LogP contribution in [0.3, 0.4) is 0 Å². The Hall–Kier alpha value is -0.220. The second kappa shape index (κ2) is 8.81. The predicted molar refractivity (Wildman–Crippen MR) is 82.0 cm³/mol. The van der Waals surface area contributed by atoms with Gasteiger partial charge in [0.15, 0.2) is 0 Å². The molecule has 1 unspecified atom stereocenters. The van der Waals surface area contributed by atoms with Gasteiger partial charge >= 0.3 is 0 Å². The molecule has 0 aliphatic rings. The van der Waals surface area contributed by atoms with Gasteiger partial charge in [0.05, 0.1) is 0 Å². The lowest BCUT2D eigenvalue weighted by molar-refractivity contribution is 0.469. The van der Waals surface area contributed by atoms with Gasteiger partial charge in [0.2, 0.25) is 0 Å². The van der Waals surface area contributed by atoms with Crippen molar-refractivity contribution in [3.63, 3.8) is 0 Å². The number of hydrogen-bond acceptors (Lipinski definition) is 3. The van der Waals surface area contributed by atoms with E-state index in [1.54, 1.807) is 11.8 Å². The van der Waals surface area contributed by atoms with Gasteiger partial charge < -0.3 is 0 Å². The molecule has 0 saturated heterocycles. The largest absolute Gasteiger partial charge is 0.271 e. The third-order valence-corrected chi connectivity index (χ3v) is 4.21. The first-order valence-electron chi connectivity index (χ1n) is 6.46. The molecular formula is C14H23ClN2S. The minimum atomic E-state index is 0.368. The Morgan fingerprint density at radius 3 is 2.72 bits per heavy atom. The molecule has 0 spiro atoms. The summed E-state index contributed by atoms with van der Waals surface area (Å²) in [5.41, 5.74) is 2.91. The van der Waals surface area contributed by atoms with Crippen molar-refractivity contribution in [2.75, 3.05) is 5.75 Å². The molecule has 0 amide bonds. The van der Waals surface area contributed by atoms with E-state index < -0.39 is 0 Å². The third kappa shape index (κ3) is 6.64. The topological polar surface area (TPSA) is 38.0 Å². The number of rotatable bonds is 8. The van der Waals surface area contributed by atoms with Crippen molar-refractivity contribution in [1.29, 1.82) is 0 Å². The number of thioether (sulfide) groups is 1. The smallest absolute Gasteiger partial charge is 0.0417 e. The maximum absolute atomic E-state index is 5.96. The van der Waals surface area contributed by atoms with Gasteiger partial charge in [-0.15, -0.1) is 11.8 Å². The SMILES string of the molecule is CC(C)CCCC(CSc1cccc(Cl)c1)NN. The van der Waals surface area contributed by atoms with Gasteiger partial charge in [-0.05, 0) is 30.5 Å². The molecule has 0 bridgehead atoms. The number of hydrogen-bond donors (Lipinski definition) is 2. The summed E-state index contributed by atoms with van der Waals surface area (Å²) in [4.78, 5) is 1.20. The highest BCUT2D eigenvalue weighted by Gasteiger charge is 2.08. The van der Waals surface area contributed by atoms with Crippen molar-refractivity contribution in [3.8, 4) is 0 Å². The molecule has 3 N–H and O–H groups in total. The highest BCUT2D eigenvalue weighted by molar-refractivity contribution is 7.99. The normalized spacial score (nSPS) is 12.9. The van der Waals surface area contributed by atoms with Crippen molar-refractivity contribution in [2.45, 2.75) is 44.0 Å².